The lowest BCUT2D eigenvalue weighted by Gasteiger charge is -2.49. The van der Waals surface area contributed by atoms with E-state index in [4.69, 9.17) is 0 Å². The summed E-state index contributed by atoms with van der Waals surface area (Å²) < 4.78 is 0. The standard InChI is InChI=1S/C17H38N2/c1-8-15(7)14-16(18-11-4)17(9-2,10-3)19(12-5)13-6/h15-16,18H,8-14H2,1-7H3. The van der Waals surface area contributed by atoms with Gasteiger partial charge in [-0.05, 0) is 44.8 Å². The van der Waals surface area contributed by atoms with Gasteiger partial charge in [0, 0.05) is 11.6 Å². The summed E-state index contributed by atoms with van der Waals surface area (Å²) in [5.74, 6) is 0.803. The maximum absolute atomic E-state index is 3.80. The number of likely N-dealkylation sites (N-methyl/N-ethyl adjacent to an activating group) is 2. The first-order chi connectivity index (χ1) is 9.05. The second-order valence-electron chi connectivity index (χ2n) is 5.84. The Bertz CT molecular complexity index is 207. The Kier molecular flexibility index (Phi) is 9.72. The van der Waals surface area contributed by atoms with E-state index in [1.807, 2.05) is 0 Å². The maximum Gasteiger partial charge on any atom is 0.0357 e. The third-order valence-electron chi connectivity index (χ3n) is 5.05. The molecular formula is C17H38N2. The van der Waals surface area contributed by atoms with Crippen LogP contribution in [0.15, 0.2) is 0 Å². The Balaban J connectivity index is 5.23. The molecule has 0 rings (SSSR count). The zero-order valence-corrected chi connectivity index (χ0v) is 14.6. The van der Waals surface area contributed by atoms with Crippen molar-refractivity contribution in [1.82, 2.24) is 10.2 Å². The summed E-state index contributed by atoms with van der Waals surface area (Å²) in [6.45, 7) is 19.7. The van der Waals surface area contributed by atoms with Crippen LogP contribution in [0.2, 0.25) is 0 Å². The number of hydrogen-bond acceptors (Lipinski definition) is 2. The zero-order valence-electron chi connectivity index (χ0n) is 14.6. The van der Waals surface area contributed by atoms with Crippen LogP contribution in [0.5, 0.6) is 0 Å². The van der Waals surface area contributed by atoms with Crippen LogP contribution >= 0.6 is 0 Å². The van der Waals surface area contributed by atoms with Crippen molar-refractivity contribution in [3.05, 3.63) is 0 Å². The highest BCUT2D eigenvalue weighted by Crippen LogP contribution is 2.31. The van der Waals surface area contributed by atoms with Crippen LogP contribution in [0.25, 0.3) is 0 Å². The molecule has 0 aromatic heterocycles. The molecule has 0 aromatic carbocycles. The van der Waals surface area contributed by atoms with Gasteiger partial charge in [-0.2, -0.15) is 0 Å². The maximum atomic E-state index is 3.80. The van der Waals surface area contributed by atoms with Crippen LogP contribution in [0.4, 0.5) is 0 Å². The number of nitrogens with one attached hydrogen (secondary N) is 1. The molecule has 0 aliphatic rings. The fourth-order valence-electron chi connectivity index (χ4n) is 3.57. The van der Waals surface area contributed by atoms with Crippen LogP contribution in [-0.2, 0) is 0 Å². The van der Waals surface area contributed by atoms with E-state index in [1.54, 1.807) is 0 Å². The van der Waals surface area contributed by atoms with Gasteiger partial charge in [0.2, 0.25) is 0 Å². The zero-order chi connectivity index (χ0) is 14.9. The Hall–Kier alpha value is -0.0800. The molecule has 0 saturated heterocycles. The molecule has 0 heterocycles. The highest BCUT2D eigenvalue weighted by molar-refractivity contribution is 4.99. The van der Waals surface area contributed by atoms with E-state index in [1.165, 1.54) is 25.7 Å². The third kappa shape index (κ3) is 4.75. The summed E-state index contributed by atoms with van der Waals surface area (Å²) in [5, 5.41) is 3.80. The molecule has 0 fully saturated rings. The van der Waals surface area contributed by atoms with E-state index < -0.39 is 0 Å². The van der Waals surface area contributed by atoms with Gasteiger partial charge in [0.1, 0.15) is 0 Å². The van der Waals surface area contributed by atoms with Crippen molar-refractivity contribution in [3.63, 3.8) is 0 Å². The molecule has 0 amide bonds. The second-order valence-corrected chi connectivity index (χ2v) is 5.84. The Labute approximate surface area is 122 Å². The molecule has 0 aromatic rings. The van der Waals surface area contributed by atoms with Crippen molar-refractivity contribution in [1.29, 1.82) is 0 Å². The second kappa shape index (κ2) is 9.77. The van der Waals surface area contributed by atoms with E-state index in [0.717, 1.165) is 25.6 Å². The normalized spacial score (nSPS) is 15.8. The molecule has 0 saturated carbocycles. The largest absolute Gasteiger partial charge is 0.312 e. The minimum atomic E-state index is 0.322. The molecule has 2 heteroatoms. The fourth-order valence-corrected chi connectivity index (χ4v) is 3.57. The van der Waals surface area contributed by atoms with Crippen molar-refractivity contribution in [2.75, 3.05) is 19.6 Å². The molecule has 0 radical (unpaired) electrons. The van der Waals surface area contributed by atoms with Gasteiger partial charge in [-0.1, -0.05) is 54.9 Å². The number of rotatable bonds is 11. The monoisotopic (exact) mass is 270 g/mol. The van der Waals surface area contributed by atoms with Crippen LogP contribution in [0, 0.1) is 5.92 Å². The van der Waals surface area contributed by atoms with Gasteiger partial charge in [-0.25, -0.2) is 0 Å². The smallest absolute Gasteiger partial charge is 0.0357 e. The van der Waals surface area contributed by atoms with E-state index >= 15 is 0 Å². The Morgan fingerprint density at radius 3 is 1.79 bits per heavy atom. The van der Waals surface area contributed by atoms with Crippen molar-refractivity contribution in [3.8, 4) is 0 Å². The quantitative estimate of drug-likeness (QED) is 0.602. The molecule has 2 nitrogen and oxygen atoms in total. The predicted molar refractivity (Wildman–Crippen MR) is 87.8 cm³/mol. The van der Waals surface area contributed by atoms with Gasteiger partial charge >= 0.3 is 0 Å². The van der Waals surface area contributed by atoms with E-state index in [0.29, 0.717) is 11.6 Å². The lowest BCUT2D eigenvalue weighted by molar-refractivity contribution is 0.0411. The van der Waals surface area contributed by atoms with Crippen LogP contribution in [-0.4, -0.2) is 36.1 Å². The van der Waals surface area contributed by atoms with Crippen LogP contribution < -0.4 is 5.32 Å². The summed E-state index contributed by atoms with van der Waals surface area (Å²) in [6.07, 6.45) is 5.05. The average Bonchev–Trinajstić information content (AvgIpc) is 2.44. The van der Waals surface area contributed by atoms with Crippen molar-refractivity contribution in [2.45, 2.75) is 85.7 Å². The lowest BCUT2D eigenvalue weighted by Crippen LogP contribution is -2.61. The molecule has 0 bridgehead atoms. The van der Waals surface area contributed by atoms with Crippen LogP contribution in [0.3, 0.4) is 0 Å². The lowest BCUT2D eigenvalue weighted by atomic mass is 9.78. The van der Waals surface area contributed by atoms with Gasteiger partial charge in [-0.15, -0.1) is 0 Å². The molecule has 0 aliphatic heterocycles. The van der Waals surface area contributed by atoms with E-state index in [-0.39, 0.29) is 0 Å². The van der Waals surface area contributed by atoms with Crippen molar-refractivity contribution < 1.29 is 0 Å². The summed E-state index contributed by atoms with van der Waals surface area (Å²) in [5.41, 5.74) is 0.322. The number of nitrogens with zero attached hydrogens (tertiary/aromatic N) is 1. The molecule has 0 aliphatic carbocycles. The third-order valence-corrected chi connectivity index (χ3v) is 5.05. The van der Waals surface area contributed by atoms with Gasteiger partial charge in [0.25, 0.3) is 0 Å². The van der Waals surface area contributed by atoms with Gasteiger partial charge in [-0.3, -0.25) is 4.90 Å². The average molecular weight is 271 g/mol. The first-order valence-corrected chi connectivity index (χ1v) is 8.54. The molecule has 1 N–H and O–H groups in total. The summed E-state index contributed by atoms with van der Waals surface area (Å²) in [4.78, 5) is 2.68. The SMILES string of the molecule is CCNC(CC(C)CC)C(CC)(CC)N(CC)CC. The Morgan fingerprint density at radius 2 is 1.47 bits per heavy atom. The molecule has 2 atom stereocenters. The van der Waals surface area contributed by atoms with E-state index in [9.17, 15) is 0 Å². The molecule has 0 spiro atoms. The fraction of sp³-hybridized carbons (Fsp3) is 1.00. The first kappa shape index (κ1) is 18.9. The van der Waals surface area contributed by atoms with Gasteiger partial charge in [0.05, 0.1) is 0 Å². The summed E-state index contributed by atoms with van der Waals surface area (Å²) in [7, 11) is 0. The van der Waals surface area contributed by atoms with E-state index in [2.05, 4.69) is 58.7 Å². The predicted octanol–water partition coefficient (Wildman–Crippen LogP) is 4.30. The first-order valence-electron chi connectivity index (χ1n) is 8.54. The highest BCUT2D eigenvalue weighted by atomic mass is 15.2. The Morgan fingerprint density at radius 1 is 0.947 bits per heavy atom. The molecule has 2 unspecified atom stereocenters. The molecule has 116 valence electrons. The van der Waals surface area contributed by atoms with Crippen LogP contribution in [0.1, 0.15) is 74.1 Å². The van der Waals surface area contributed by atoms with Crippen molar-refractivity contribution in [2.24, 2.45) is 5.92 Å². The highest BCUT2D eigenvalue weighted by Gasteiger charge is 2.39. The molecular weight excluding hydrogens is 232 g/mol. The van der Waals surface area contributed by atoms with Gasteiger partial charge in [0.15, 0.2) is 0 Å². The minimum absolute atomic E-state index is 0.322. The summed E-state index contributed by atoms with van der Waals surface area (Å²) >= 11 is 0. The topological polar surface area (TPSA) is 15.3 Å². The van der Waals surface area contributed by atoms with Crippen molar-refractivity contribution >= 4 is 0 Å². The molecule has 19 heavy (non-hydrogen) atoms. The minimum Gasteiger partial charge on any atom is -0.312 e. The van der Waals surface area contributed by atoms with Gasteiger partial charge < -0.3 is 5.32 Å². The number of hydrogen-bond donors (Lipinski definition) is 1. The summed E-state index contributed by atoms with van der Waals surface area (Å²) in [6, 6.07) is 0.613.